The fourth-order valence-electron chi connectivity index (χ4n) is 1.83. The van der Waals surface area contributed by atoms with E-state index in [1.165, 1.54) is 0 Å². The van der Waals surface area contributed by atoms with Gasteiger partial charge in [-0.2, -0.15) is 0 Å². The van der Waals surface area contributed by atoms with Crippen molar-refractivity contribution in [2.24, 2.45) is 5.92 Å². The largest absolute Gasteiger partial charge is 0.481 e. The summed E-state index contributed by atoms with van der Waals surface area (Å²) in [5.41, 5.74) is 0. The fourth-order valence-corrected chi connectivity index (χ4v) is 1.83. The van der Waals surface area contributed by atoms with E-state index in [2.05, 4.69) is 0 Å². The van der Waals surface area contributed by atoms with E-state index < -0.39 is 5.97 Å². The second kappa shape index (κ2) is 4.45. The third kappa shape index (κ3) is 2.81. The molecule has 1 fully saturated rings. The molecular weight excluding hydrogens is 156 g/mol. The first kappa shape index (κ1) is 9.52. The second-order valence-corrected chi connectivity index (χ2v) is 3.54. The molecule has 70 valence electrons. The molecule has 2 atom stereocenters. The van der Waals surface area contributed by atoms with E-state index >= 15 is 0 Å². The van der Waals surface area contributed by atoms with Crippen LogP contribution in [-0.4, -0.2) is 22.3 Å². The van der Waals surface area contributed by atoms with Gasteiger partial charge in [-0.15, -0.1) is 0 Å². The monoisotopic (exact) mass is 172 g/mol. The summed E-state index contributed by atoms with van der Waals surface area (Å²) < 4.78 is 0. The van der Waals surface area contributed by atoms with Crippen LogP contribution in [0.5, 0.6) is 0 Å². The molecule has 0 amide bonds. The van der Waals surface area contributed by atoms with Gasteiger partial charge in [0.05, 0.1) is 6.10 Å². The number of hydrogen-bond donors (Lipinski definition) is 2. The van der Waals surface area contributed by atoms with Gasteiger partial charge in [0.2, 0.25) is 0 Å². The van der Waals surface area contributed by atoms with Crippen molar-refractivity contribution >= 4 is 5.97 Å². The van der Waals surface area contributed by atoms with Crippen molar-refractivity contribution in [3.05, 3.63) is 0 Å². The molecule has 0 heterocycles. The third-order valence-electron chi connectivity index (χ3n) is 2.60. The SMILES string of the molecule is O=C(O)CCC1CCCCC1O. The molecule has 2 unspecified atom stereocenters. The van der Waals surface area contributed by atoms with Gasteiger partial charge in [-0.05, 0) is 25.2 Å². The lowest BCUT2D eigenvalue weighted by Crippen LogP contribution is -2.24. The molecule has 2 N–H and O–H groups in total. The van der Waals surface area contributed by atoms with Crippen molar-refractivity contribution in [3.63, 3.8) is 0 Å². The quantitative estimate of drug-likeness (QED) is 0.676. The summed E-state index contributed by atoms with van der Waals surface area (Å²) in [7, 11) is 0. The zero-order valence-electron chi connectivity index (χ0n) is 7.20. The number of hydrogen-bond acceptors (Lipinski definition) is 2. The summed E-state index contributed by atoms with van der Waals surface area (Å²) in [6.45, 7) is 0. The minimum absolute atomic E-state index is 0.196. The van der Waals surface area contributed by atoms with Crippen LogP contribution in [0.4, 0.5) is 0 Å². The number of aliphatic hydroxyl groups excluding tert-OH is 1. The van der Waals surface area contributed by atoms with Gasteiger partial charge in [0.25, 0.3) is 0 Å². The van der Waals surface area contributed by atoms with E-state index in [1.807, 2.05) is 0 Å². The van der Waals surface area contributed by atoms with Crippen LogP contribution in [0.3, 0.4) is 0 Å². The summed E-state index contributed by atoms with van der Waals surface area (Å²) in [4.78, 5) is 10.3. The first-order valence-corrected chi connectivity index (χ1v) is 4.60. The zero-order valence-corrected chi connectivity index (χ0v) is 7.20. The Morgan fingerprint density at radius 1 is 1.33 bits per heavy atom. The highest BCUT2D eigenvalue weighted by molar-refractivity contribution is 5.66. The molecule has 0 radical (unpaired) electrons. The predicted octanol–water partition coefficient (Wildman–Crippen LogP) is 1.40. The molecule has 0 aliphatic heterocycles. The maximum atomic E-state index is 10.3. The van der Waals surface area contributed by atoms with Crippen molar-refractivity contribution in [3.8, 4) is 0 Å². The molecule has 0 spiro atoms. The summed E-state index contributed by atoms with van der Waals surface area (Å²) in [6, 6.07) is 0. The van der Waals surface area contributed by atoms with Gasteiger partial charge in [-0.1, -0.05) is 12.8 Å². The van der Waals surface area contributed by atoms with Crippen molar-refractivity contribution in [2.75, 3.05) is 0 Å². The zero-order chi connectivity index (χ0) is 8.97. The van der Waals surface area contributed by atoms with Crippen LogP contribution in [0.15, 0.2) is 0 Å². The standard InChI is InChI=1S/C9H16O3/c10-8-4-2-1-3-7(8)5-6-9(11)12/h7-8,10H,1-6H2,(H,11,12). The molecule has 3 heteroatoms. The van der Waals surface area contributed by atoms with E-state index in [-0.39, 0.29) is 18.4 Å². The van der Waals surface area contributed by atoms with Crippen LogP contribution in [0.1, 0.15) is 38.5 Å². The Kier molecular flexibility index (Phi) is 3.53. The highest BCUT2D eigenvalue weighted by atomic mass is 16.4. The average Bonchev–Trinajstić information content (AvgIpc) is 2.03. The van der Waals surface area contributed by atoms with Gasteiger partial charge in [0, 0.05) is 6.42 Å². The third-order valence-corrected chi connectivity index (χ3v) is 2.60. The molecular formula is C9H16O3. The first-order chi connectivity index (χ1) is 5.70. The average molecular weight is 172 g/mol. The molecule has 3 nitrogen and oxygen atoms in total. The Morgan fingerprint density at radius 3 is 2.58 bits per heavy atom. The number of rotatable bonds is 3. The van der Waals surface area contributed by atoms with E-state index in [4.69, 9.17) is 5.11 Å². The smallest absolute Gasteiger partial charge is 0.303 e. The van der Waals surface area contributed by atoms with Gasteiger partial charge in [-0.3, -0.25) is 4.79 Å². The van der Waals surface area contributed by atoms with Crippen LogP contribution >= 0.6 is 0 Å². The second-order valence-electron chi connectivity index (χ2n) is 3.54. The summed E-state index contributed by atoms with van der Waals surface area (Å²) >= 11 is 0. The molecule has 1 rings (SSSR count). The van der Waals surface area contributed by atoms with Crippen molar-refractivity contribution in [2.45, 2.75) is 44.6 Å². The molecule has 0 saturated heterocycles. The molecule has 12 heavy (non-hydrogen) atoms. The Hall–Kier alpha value is -0.570. The lowest BCUT2D eigenvalue weighted by Gasteiger charge is -2.26. The minimum atomic E-state index is -0.757. The van der Waals surface area contributed by atoms with Crippen LogP contribution in [0.2, 0.25) is 0 Å². The van der Waals surface area contributed by atoms with E-state index in [0.717, 1.165) is 25.7 Å². The summed E-state index contributed by atoms with van der Waals surface area (Å²) in [5, 5.41) is 17.9. The van der Waals surface area contributed by atoms with Crippen LogP contribution in [-0.2, 0) is 4.79 Å². The maximum absolute atomic E-state index is 10.3. The van der Waals surface area contributed by atoms with Gasteiger partial charge in [0.15, 0.2) is 0 Å². The molecule has 0 aromatic heterocycles. The van der Waals surface area contributed by atoms with Gasteiger partial charge in [-0.25, -0.2) is 0 Å². The van der Waals surface area contributed by atoms with Gasteiger partial charge < -0.3 is 10.2 Å². The van der Waals surface area contributed by atoms with E-state index in [0.29, 0.717) is 6.42 Å². The molecule has 0 aromatic carbocycles. The number of aliphatic carboxylic acids is 1. The Morgan fingerprint density at radius 2 is 2.00 bits per heavy atom. The number of carboxylic acid groups (broad SMARTS) is 1. The molecule has 1 saturated carbocycles. The van der Waals surface area contributed by atoms with Gasteiger partial charge in [0.1, 0.15) is 0 Å². The molecule has 0 aromatic rings. The molecule has 0 bridgehead atoms. The number of aliphatic hydroxyl groups is 1. The normalized spacial score (nSPS) is 30.1. The lowest BCUT2D eigenvalue weighted by atomic mass is 9.84. The Labute approximate surface area is 72.4 Å². The van der Waals surface area contributed by atoms with Crippen molar-refractivity contribution in [1.82, 2.24) is 0 Å². The highest BCUT2D eigenvalue weighted by Crippen LogP contribution is 2.27. The molecule has 1 aliphatic rings. The first-order valence-electron chi connectivity index (χ1n) is 4.60. The number of carboxylic acids is 1. The Bertz CT molecular complexity index is 156. The predicted molar refractivity (Wildman–Crippen MR) is 44.8 cm³/mol. The van der Waals surface area contributed by atoms with Crippen LogP contribution in [0, 0.1) is 5.92 Å². The van der Waals surface area contributed by atoms with Crippen LogP contribution < -0.4 is 0 Å². The van der Waals surface area contributed by atoms with Crippen molar-refractivity contribution < 1.29 is 15.0 Å². The topological polar surface area (TPSA) is 57.5 Å². The Balaban J connectivity index is 2.24. The van der Waals surface area contributed by atoms with E-state index in [9.17, 15) is 9.90 Å². The van der Waals surface area contributed by atoms with E-state index in [1.54, 1.807) is 0 Å². The number of carbonyl (C=O) groups is 1. The summed E-state index contributed by atoms with van der Waals surface area (Å²) in [6.07, 6.45) is 4.65. The van der Waals surface area contributed by atoms with Crippen molar-refractivity contribution in [1.29, 1.82) is 0 Å². The van der Waals surface area contributed by atoms with Gasteiger partial charge >= 0.3 is 5.97 Å². The summed E-state index contributed by atoms with van der Waals surface area (Å²) in [5.74, 6) is -0.525. The fraction of sp³-hybridized carbons (Fsp3) is 0.889. The van der Waals surface area contributed by atoms with Crippen LogP contribution in [0.25, 0.3) is 0 Å². The maximum Gasteiger partial charge on any atom is 0.303 e. The minimum Gasteiger partial charge on any atom is -0.481 e. The lowest BCUT2D eigenvalue weighted by molar-refractivity contribution is -0.137. The highest BCUT2D eigenvalue weighted by Gasteiger charge is 2.22. The molecule has 1 aliphatic carbocycles.